The van der Waals surface area contributed by atoms with Gasteiger partial charge < -0.3 is 4.90 Å². The lowest BCUT2D eigenvalue weighted by Gasteiger charge is -2.34. The Bertz CT molecular complexity index is 840. The van der Waals surface area contributed by atoms with Crippen LogP contribution >= 0.6 is 11.3 Å². The summed E-state index contributed by atoms with van der Waals surface area (Å²) in [5.41, 5.74) is 0.897. The van der Waals surface area contributed by atoms with Crippen LogP contribution in [0.15, 0.2) is 47.8 Å². The van der Waals surface area contributed by atoms with Crippen molar-refractivity contribution in [3.05, 3.63) is 52.7 Å². The molecule has 0 spiro atoms. The summed E-state index contributed by atoms with van der Waals surface area (Å²) in [6.07, 6.45) is 0. The first-order valence-corrected chi connectivity index (χ1v) is 9.51. The molecule has 1 aliphatic heterocycles. The molecule has 4 rings (SSSR count). The Kier molecular flexibility index (Phi) is 5.03. The van der Waals surface area contributed by atoms with E-state index in [2.05, 4.69) is 37.8 Å². The van der Waals surface area contributed by atoms with Crippen molar-refractivity contribution in [3.8, 4) is 11.4 Å². The summed E-state index contributed by atoms with van der Waals surface area (Å²) in [6.45, 7) is 4.36. The van der Waals surface area contributed by atoms with Crippen LogP contribution in [0.5, 0.6) is 0 Å². The molecule has 1 fully saturated rings. The molecule has 7 nitrogen and oxygen atoms in total. The van der Waals surface area contributed by atoms with Crippen LogP contribution in [0.4, 0.5) is 0 Å². The number of piperazine rings is 1. The lowest BCUT2D eigenvalue weighted by Crippen LogP contribution is -2.49. The van der Waals surface area contributed by atoms with Gasteiger partial charge >= 0.3 is 0 Å². The van der Waals surface area contributed by atoms with Gasteiger partial charge in [-0.3, -0.25) is 9.69 Å². The summed E-state index contributed by atoms with van der Waals surface area (Å²) >= 11 is 1.78. The van der Waals surface area contributed by atoms with E-state index in [1.54, 1.807) is 11.3 Å². The molecule has 1 aromatic carbocycles. The fourth-order valence-corrected chi connectivity index (χ4v) is 3.76. The molecule has 0 unspecified atom stereocenters. The summed E-state index contributed by atoms with van der Waals surface area (Å²) in [5.74, 6) is 0.581. The van der Waals surface area contributed by atoms with Crippen molar-refractivity contribution < 1.29 is 4.79 Å². The van der Waals surface area contributed by atoms with Crippen LogP contribution in [0.1, 0.15) is 4.88 Å². The molecule has 26 heavy (non-hydrogen) atoms. The van der Waals surface area contributed by atoms with Crippen molar-refractivity contribution in [3.63, 3.8) is 0 Å². The zero-order chi connectivity index (χ0) is 17.8. The number of aromatic nitrogens is 4. The normalized spacial score (nSPS) is 15.3. The van der Waals surface area contributed by atoms with Crippen LogP contribution < -0.4 is 0 Å². The Hall–Kier alpha value is -2.58. The fraction of sp³-hybridized carbons (Fsp3) is 0.333. The molecule has 1 amide bonds. The maximum atomic E-state index is 12.5. The van der Waals surface area contributed by atoms with Gasteiger partial charge in [-0.25, -0.2) is 0 Å². The zero-order valence-corrected chi connectivity index (χ0v) is 15.2. The van der Waals surface area contributed by atoms with E-state index in [0.29, 0.717) is 5.82 Å². The topological polar surface area (TPSA) is 67.2 Å². The first-order valence-electron chi connectivity index (χ1n) is 8.64. The molecular weight excluding hydrogens is 348 g/mol. The van der Waals surface area contributed by atoms with Gasteiger partial charge in [0.1, 0.15) is 6.54 Å². The molecule has 8 heteroatoms. The minimum atomic E-state index is 0.0396. The van der Waals surface area contributed by atoms with Crippen LogP contribution in [0.25, 0.3) is 11.4 Å². The molecule has 0 aliphatic carbocycles. The smallest absolute Gasteiger partial charge is 0.246 e. The summed E-state index contributed by atoms with van der Waals surface area (Å²) in [5, 5.41) is 14.5. The van der Waals surface area contributed by atoms with E-state index in [9.17, 15) is 4.79 Å². The maximum Gasteiger partial charge on any atom is 0.246 e. The second kappa shape index (κ2) is 7.76. The number of nitrogens with zero attached hydrogens (tertiary/aromatic N) is 6. The zero-order valence-electron chi connectivity index (χ0n) is 14.4. The third-order valence-corrected chi connectivity index (χ3v) is 5.31. The van der Waals surface area contributed by atoms with Gasteiger partial charge in [0, 0.05) is 43.2 Å². The van der Waals surface area contributed by atoms with Crippen LogP contribution in [0.3, 0.4) is 0 Å². The Morgan fingerprint density at radius 1 is 1.04 bits per heavy atom. The number of benzene rings is 1. The molecule has 3 heterocycles. The van der Waals surface area contributed by atoms with E-state index in [0.717, 1.165) is 38.3 Å². The third-order valence-electron chi connectivity index (χ3n) is 4.45. The van der Waals surface area contributed by atoms with Gasteiger partial charge in [-0.15, -0.1) is 21.5 Å². The number of hydrogen-bond acceptors (Lipinski definition) is 6. The van der Waals surface area contributed by atoms with Gasteiger partial charge in [0.15, 0.2) is 0 Å². The molecule has 0 radical (unpaired) electrons. The molecule has 0 atom stereocenters. The van der Waals surface area contributed by atoms with Crippen LogP contribution in [-0.2, 0) is 17.9 Å². The van der Waals surface area contributed by atoms with Crippen LogP contribution in [-0.4, -0.2) is 62.1 Å². The lowest BCUT2D eigenvalue weighted by atomic mass is 10.2. The van der Waals surface area contributed by atoms with E-state index in [1.165, 1.54) is 9.67 Å². The highest BCUT2D eigenvalue weighted by molar-refractivity contribution is 7.09. The largest absolute Gasteiger partial charge is 0.338 e. The number of amides is 1. The Morgan fingerprint density at radius 2 is 1.85 bits per heavy atom. The summed E-state index contributed by atoms with van der Waals surface area (Å²) in [4.78, 5) is 19.5. The van der Waals surface area contributed by atoms with Crippen molar-refractivity contribution >= 4 is 17.2 Å². The van der Waals surface area contributed by atoms with Gasteiger partial charge in [-0.1, -0.05) is 36.4 Å². The van der Waals surface area contributed by atoms with Crippen molar-refractivity contribution in [2.75, 3.05) is 26.2 Å². The monoisotopic (exact) mass is 368 g/mol. The van der Waals surface area contributed by atoms with Gasteiger partial charge in [0.25, 0.3) is 0 Å². The SMILES string of the molecule is O=C(Cn1nnc(-c2ccccc2)n1)N1CCN(Cc2cccs2)CC1. The minimum Gasteiger partial charge on any atom is -0.338 e. The molecule has 1 aliphatic rings. The average Bonchev–Trinajstić information content (AvgIpc) is 3.35. The number of carbonyl (C=O) groups is 1. The predicted molar refractivity (Wildman–Crippen MR) is 99.4 cm³/mol. The molecule has 3 aromatic rings. The number of tetrazole rings is 1. The Balaban J connectivity index is 1.30. The summed E-state index contributed by atoms with van der Waals surface area (Å²) in [6, 6.07) is 13.9. The quantitative estimate of drug-likeness (QED) is 0.686. The van der Waals surface area contributed by atoms with E-state index >= 15 is 0 Å². The minimum absolute atomic E-state index is 0.0396. The lowest BCUT2D eigenvalue weighted by molar-refractivity contribution is -0.134. The molecule has 1 saturated heterocycles. The van der Waals surface area contributed by atoms with Gasteiger partial charge in [0.05, 0.1) is 0 Å². The average molecular weight is 368 g/mol. The molecule has 0 N–H and O–H groups in total. The molecule has 2 aromatic heterocycles. The maximum absolute atomic E-state index is 12.5. The van der Waals surface area contributed by atoms with Gasteiger partial charge in [-0.2, -0.15) is 4.80 Å². The fourth-order valence-electron chi connectivity index (χ4n) is 3.01. The molecule has 0 bridgehead atoms. The molecular formula is C18H20N6OS. The van der Waals surface area contributed by atoms with E-state index in [4.69, 9.17) is 0 Å². The number of carbonyl (C=O) groups excluding carboxylic acids is 1. The Morgan fingerprint density at radius 3 is 2.58 bits per heavy atom. The summed E-state index contributed by atoms with van der Waals surface area (Å²) < 4.78 is 0. The van der Waals surface area contributed by atoms with Crippen LogP contribution in [0, 0.1) is 0 Å². The van der Waals surface area contributed by atoms with Crippen molar-refractivity contribution in [2.45, 2.75) is 13.1 Å². The highest BCUT2D eigenvalue weighted by atomic mass is 32.1. The standard InChI is InChI=1S/C18H20N6OS/c25-17(14-24-20-18(19-21-24)15-5-2-1-3-6-15)23-10-8-22(9-11-23)13-16-7-4-12-26-16/h1-7,12H,8-11,13-14H2. The van der Waals surface area contributed by atoms with Crippen molar-refractivity contribution in [2.24, 2.45) is 0 Å². The van der Waals surface area contributed by atoms with E-state index in [1.807, 2.05) is 35.2 Å². The summed E-state index contributed by atoms with van der Waals surface area (Å²) in [7, 11) is 0. The predicted octanol–water partition coefficient (Wildman–Crippen LogP) is 1.75. The second-order valence-corrected chi connectivity index (χ2v) is 7.28. The molecule has 134 valence electrons. The first kappa shape index (κ1) is 16.9. The van der Waals surface area contributed by atoms with E-state index < -0.39 is 0 Å². The first-order chi connectivity index (χ1) is 12.8. The van der Waals surface area contributed by atoms with Crippen LogP contribution in [0.2, 0.25) is 0 Å². The van der Waals surface area contributed by atoms with Gasteiger partial charge in [-0.05, 0) is 16.7 Å². The van der Waals surface area contributed by atoms with E-state index in [-0.39, 0.29) is 12.5 Å². The highest BCUT2D eigenvalue weighted by Crippen LogP contribution is 2.14. The molecule has 0 saturated carbocycles. The third kappa shape index (κ3) is 3.97. The van der Waals surface area contributed by atoms with Crippen molar-refractivity contribution in [1.82, 2.24) is 30.0 Å². The second-order valence-electron chi connectivity index (χ2n) is 6.25. The Labute approximate surface area is 155 Å². The number of thiophene rings is 1. The van der Waals surface area contributed by atoms with Gasteiger partial charge in [0.2, 0.25) is 11.7 Å². The van der Waals surface area contributed by atoms with Crippen molar-refractivity contribution in [1.29, 1.82) is 0 Å². The number of hydrogen-bond donors (Lipinski definition) is 0. The number of rotatable bonds is 5. The highest BCUT2D eigenvalue weighted by Gasteiger charge is 2.22.